The van der Waals surface area contributed by atoms with E-state index < -0.39 is 5.41 Å². The van der Waals surface area contributed by atoms with Gasteiger partial charge in [-0.05, 0) is 31.7 Å². The number of rotatable bonds is 7. The smallest absolute Gasteiger partial charge is 0.316 e. The maximum atomic E-state index is 12.4. The van der Waals surface area contributed by atoms with Crippen molar-refractivity contribution in [2.75, 3.05) is 11.9 Å². The molecule has 0 heterocycles. The highest BCUT2D eigenvalue weighted by molar-refractivity contribution is 9.09. The molecule has 0 radical (unpaired) electrons. The van der Waals surface area contributed by atoms with Gasteiger partial charge in [-0.2, -0.15) is 0 Å². The summed E-state index contributed by atoms with van der Waals surface area (Å²) in [5, 5.41) is 0.904. The molecule has 2 nitrogen and oxygen atoms in total. The lowest BCUT2D eigenvalue weighted by molar-refractivity contribution is -0.150. The fourth-order valence-corrected chi connectivity index (χ4v) is 2.56. The third kappa shape index (κ3) is 3.35. The monoisotopic (exact) mass is 312 g/mol. The molecule has 1 rings (SSSR count). The second kappa shape index (κ2) is 7.57. The van der Waals surface area contributed by atoms with Crippen LogP contribution >= 0.6 is 15.9 Å². The largest absolute Gasteiger partial charge is 0.465 e. The Bertz CT molecular complexity index is 364. The van der Waals surface area contributed by atoms with Crippen LogP contribution in [-0.2, 0) is 14.9 Å². The Kier molecular flexibility index (Phi) is 6.41. The predicted octanol–water partition coefficient (Wildman–Crippen LogP) is 4.07. The number of halogens is 1. The first-order valence-corrected chi connectivity index (χ1v) is 7.62. The molecule has 0 amide bonds. The van der Waals surface area contributed by atoms with Crippen molar-refractivity contribution in [1.82, 2.24) is 0 Å². The van der Waals surface area contributed by atoms with Gasteiger partial charge in [0.2, 0.25) is 0 Å². The van der Waals surface area contributed by atoms with Crippen molar-refractivity contribution in [1.29, 1.82) is 0 Å². The van der Waals surface area contributed by atoms with Crippen LogP contribution in [0.15, 0.2) is 30.3 Å². The van der Waals surface area contributed by atoms with E-state index in [9.17, 15) is 4.79 Å². The Morgan fingerprint density at radius 1 is 1.28 bits per heavy atom. The molecule has 100 valence electrons. The van der Waals surface area contributed by atoms with Crippen molar-refractivity contribution in [3.8, 4) is 0 Å². The molecule has 1 unspecified atom stereocenters. The molecular formula is C15H21BrO2. The number of hydrogen-bond acceptors (Lipinski definition) is 2. The highest BCUT2D eigenvalue weighted by Crippen LogP contribution is 2.34. The van der Waals surface area contributed by atoms with Crippen molar-refractivity contribution >= 4 is 21.9 Å². The van der Waals surface area contributed by atoms with Gasteiger partial charge in [0.15, 0.2) is 0 Å². The molecule has 1 atom stereocenters. The van der Waals surface area contributed by atoms with Gasteiger partial charge < -0.3 is 4.74 Å². The standard InChI is InChI=1S/C15H21BrO2/c1-3-15(11-8-12-16,14(17)18-4-2)13-9-6-5-7-10-13/h5-7,9-10H,3-4,8,11-12H2,1-2H3. The van der Waals surface area contributed by atoms with E-state index in [4.69, 9.17) is 4.74 Å². The highest BCUT2D eigenvalue weighted by atomic mass is 79.9. The summed E-state index contributed by atoms with van der Waals surface area (Å²) in [4.78, 5) is 12.4. The minimum absolute atomic E-state index is 0.0975. The fourth-order valence-electron chi connectivity index (χ4n) is 2.28. The molecule has 0 fully saturated rings. The highest BCUT2D eigenvalue weighted by Gasteiger charge is 2.39. The number of carbonyl (C=O) groups is 1. The van der Waals surface area contributed by atoms with Gasteiger partial charge in [0.25, 0.3) is 0 Å². The van der Waals surface area contributed by atoms with Gasteiger partial charge in [0, 0.05) is 5.33 Å². The zero-order valence-electron chi connectivity index (χ0n) is 11.1. The Hall–Kier alpha value is -0.830. The second-order valence-electron chi connectivity index (χ2n) is 4.31. The van der Waals surface area contributed by atoms with Crippen molar-refractivity contribution < 1.29 is 9.53 Å². The summed E-state index contributed by atoms with van der Waals surface area (Å²) in [5.74, 6) is -0.0975. The number of carbonyl (C=O) groups excluding carboxylic acids is 1. The average molecular weight is 313 g/mol. The predicted molar refractivity (Wildman–Crippen MR) is 78.1 cm³/mol. The molecule has 0 spiro atoms. The van der Waals surface area contributed by atoms with Crippen molar-refractivity contribution in [3.63, 3.8) is 0 Å². The first-order valence-electron chi connectivity index (χ1n) is 6.50. The molecule has 1 aromatic rings. The summed E-state index contributed by atoms with van der Waals surface area (Å²) in [5.41, 5.74) is 0.567. The van der Waals surface area contributed by atoms with Crippen LogP contribution in [-0.4, -0.2) is 17.9 Å². The van der Waals surface area contributed by atoms with E-state index >= 15 is 0 Å². The normalized spacial score (nSPS) is 13.9. The molecule has 1 aromatic carbocycles. The molecular weight excluding hydrogens is 292 g/mol. The lowest BCUT2D eigenvalue weighted by atomic mass is 9.74. The van der Waals surface area contributed by atoms with Gasteiger partial charge in [-0.25, -0.2) is 0 Å². The Balaban J connectivity index is 3.09. The Labute approximate surface area is 118 Å². The van der Waals surface area contributed by atoms with E-state index in [0.29, 0.717) is 6.61 Å². The Morgan fingerprint density at radius 2 is 1.94 bits per heavy atom. The van der Waals surface area contributed by atoms with Crippen LogP contribution in [0.2, 0.25) is 0 Å². The molecule has 0 aliphatic carbocycles. The summed E-state index contributed by atoms with van der Waals surface area (Å²) < 4.78 is 5.30. The van der Waals surface area contributed by atoms with Crippen molar-refractivity contribution in [3.05, 3.63) is 35.9 Å². The Morgan fingerprint density at radius 3 is 2.44 bits per heavy atom. The number of benzene rings is 1. The van der Waals surface area contributed by atoms with E-state index in [1.165, 1.54) is 0 Å². The van der Waals surface area contributed by atoms with Crippen LogP contribution in [0.25, 0.3) is 0 Å². The molecule has 0 aliphatic rings. The lowest BCUT2D eigenvalue weighted by Gasteiger charge is -2.30. The SMILES string of the molecule is CCOC(=O)C(CC)(CCCBr)c1ccccc1. The molecule has 3 heteroatoms. The first kappa shape index (κ1) is 15.2. The van der Waals surface area contributed by atoms with E-state index in [-0.39, 0.29) is 5.97 Å². The van der Waals surface area contributed by atoms with Gasteiger partial charge >= 0.3 is 5.97 Å². The third-order valence-electron chi connectivity index (χ3n) is 3.33. The van der Waals surface area contributed by atoms with Gasteiger partial charge in [0.05, 0.1) is 12.0 Å². The minimum Gasteiger partial charge on any atom is -0.465 e. The van der Waals surface area contributed by atoms with Crippen LogP contribution < -0.4 is 0 Å². The molecule has 0 aliphatic heterocycles. The summed E-state index contributed by atoms with van der Waals surface area (Å²) in [6.07, 6.45) is 2.54. The average Bonchev–Trinajstić information content (AvgIpc) is 2.42. The summed E-state index contributed by atoms with van der Waals surface area (Å²) in [6.45, 7) is 4.34. The molecule has 0 N–H and O–H groups in total. The maximum Gasteiger partial charge on any atom is 0.316 e. The number of hydrogen-bond donors (Lipinski definition) is 0. The number of esters is 1. The first-order chi connectivity index (χ1) is 8.71. The quantitative estimate of drug-likeness (QED) is 0.560. The van der Waals surface area contributed by atoms with E-state index in [1.807, 2.05) is 37.3 Å². The summed E-state index contributed by atoms with van der Waals surface area (Å²) >= 11 is 3.44. The second-order valence-corrected chi connectivity index (χ2v) is 5.11. The van der Waals surface area contributed by atoms with E-state index in [0.717, 1.165) is 30.2 Å². The molecule has 0 saturated heterocycles. The maximum absolute atomic E-state index is 12.4. The fraction of sp³-hybridized carbons (Fsp3) is 0.533. The van der Waals surface area contributed by atoms with Crippen LogP contribution in [0.1, 0.15) is 38.7 Å². The molecule has 0 aromatic heterocycles. The minimum atomic E-state index is -0.495. The molecule has 18 heavy (non-hydrogen) atoms. The summed E-state index contributed by atoms with van der Waals surface area (Å²) in [7, 11) is 0. The van der Waals surface area contributed by atoms with Gasteiger partial charge in [-0.1, -0.05) is 53.2 Å². The summed E-state index contributed by atoms with van der Waals surface area (Å²) in [6, 6.07) is 9.98. The topological polar surface area (TPSA) is 26.3 Å². The van der Waals surface area contributed by atoms with Crippen LogP contribution in [0.5, 0.6) is 0 Å². The van der Waals surface area contributed by atoms with Crippen LogP contribution in [0.3, 0.4) is 0 Å². The van der Waals surface area contributed by atoms with Crippen molar-refractivity contribution in [2.24, 2.45) is 0 Å². The molecule has 0 saturated carbocycles. The third-order valence-corrected chi connectivity index (χ3v) is 3.89. The van der Waals surface area contributed by atoms with Gasteiger partial charge in [0.1, 0.15) is 0 Å². The van der Waals surface area contributed by atoms with Crippen LogP contribution in [0.4, 0.5) is 0 Å². The van der Waals surface area contributed by atoms with Gasteiger partial charge in [-0.15, -0.1) is 0 Å². The molecule has 0 bridgehead atoms. The lowest BCUT2D eigenvalue weighted by Crippen LogP contribution is -2.37. The van der Waals surface area contributed by atoms with Crippen molar-refractivity contribution in [2.45, 2.75) is 38.5 Å². The van der Waals surface area contributed by atoms with Crippen LogP contribution in [0, 0.1) is 0 Å². The number of alkyl halides is 1. The zero-order valence-corrected chi connectivity index (χ0v) is 12.7. The number of ether oxygens (including phenoxy) is 1. The zero-order chi connectivity index (χ0) is 13.4. The van der Waals surface area contributed by atoms with E-state index in [1.54, 1.807) is 0 Å². The van der Waals surface area contributed by atoms with E-state index in [2.05, 4.69) is 22.9 Å². The van der Waals surface area contributed by atoms with Gasteiger partial charge in [-0.3, -0.25) is 4.79 Å².